The molecule has 0 spiro atoms. The minimum Gasteiger partial charge on any atom is -0.327 e. The van der Waals surface area contributed by atoms with Crippen LogP contribution in [0.15, 0.2) is 54.7 Å². The first-order valence-corrected chi connectivity index (χ1v) is 11.2. The summed E-state index contributed by atoms with van der Waals surface area (Å²) in [5, 5.41) is 10.00. The van der Waals surface area contributed by atoms with Gasteiger partial charge in [-0.3, -0.25) is 4.90 Å². The van der Waals surface area contributed by atoms with Crippen LogP contribution < -0.4 is 0 Å². The van der Waals surface area contributed by atoms with Crippen LogP contribution in [0.5, 0.6) is 0 Å². The molecule has 1 aromatic heterocycles. The molecule has 0 saturated carbocycles. The predicted molar refractivity (Wildman–Crippen MR) is 126 cm³/mol. The van der Waals surface area contributed by atoms with Gasteiger partial charge in [0.1, 0.15) is 5.82 Å². The van der Waals surface area contributed by atoms with E-state index in [1.807, 2.05) is 37.4 Å². The highest BCUT2D eigenvalue weighted by atomic mass is 15.2. The predicted octanol–water partition coefficient (Wildman–Crippen LogP) is 5.45. The molecular formula is C27H29N5. The number of imidazole rings is 1. The monoisotopic (exact) mass is 423 g/mol. The van der Waals surface area contributed by atoms with E-state index in [4.69, 9.17) is 6.57 Å². The van der Waals surface area contributed by atoms with Crippen LogP contribution in [0.25, 0.3) is 4.85 Å². The van der Waals surface area contributed by atoms with Crippen molar-refractivity contribution in [3.63, 3.8) is 0 Å². The van der Waals surface area contributed by atoms with Crippen LogP contribution in [-0.4, -0.2) is 27.5 Å². The molecule has 0 amide bonds. The summed E-state index contributed by atoms with van der Waals surface area (Å²) in [5.41, 5.74) is 5.26. The standard InChI is InChI=1S/C27H29N5/c1-21-5-4-6-24(15-21)16-27(20-28)11-13-31(14-12-27)19-26-17-30-22(2)32(26)18-23-7-9-25(29-3)10-8-23/h4-10,15,17H,11-14,16,18-19H2,1-2H3. The van der Waals surface area contributed by atoms with Gasteiger partial charge in [0.25, 0.3) is 0 Å². The fraction of sp³-hybridized carbons (Fsp3) is 0.370. The van der Waals surface area contributed by atoms with E-state index in [0.717, 1.165) is 51.3 Å². The van der Waals surface area contributed by atoms with Crippen LogP contribution in [0.2, 0.25) is 0 Å². The third kappa shape index (κ3) is 4.90. The van der Waals surface area contributed by atoms with Gasteiger partial charge in [0.15, 0.2) is 5.69 Å². The van der Waals surface area contributed by atoms with Gasteiger partial charge in [0.05, 0.1) is 23.8 Å². The normalized spacial score (nSPS) is 15.8. The summed E-state index contributed by atoms with van der Waals surface area (Å²) in [6.07, 6.45) is 4.59. The number of hydrogen-bond donors (Lipinski definition) is 0. The Hall–Kier alpha value is -3.41. The van der Waals surface area contributed by atoms with Crippen molar-refractivity contribution in [2.75, 3.05) is 13.1 Å². The van der Waals surface area contributed by atoms with Gasteiger partial charge < -0.3 is 4.57 Å². The maximum atomic E-state index is 10.00. The van der Waals surface area contributed by atoms with Crippen molar-refractivity contribution in [1.82, 2.24) is 14.5 Å². The lowest BCUT2D eigenvalue weighted by atomic mass is 9.75. The van der Waals surface area contributed by atoms with Gasteiger partial charge in [-0.2, -0.15) is 5.26 Å². The van der Waals surface area contributed by atoms with Crippen LogP contribution in [-0.2, 0) is 19.5 Å². The number of hydrogen-bond acceptors (Lipinski definition) is 3. The minimum atomic E-state index is -0.273. The molecule has 2 aromatic carbocycles. The zero-order valence-electron chi connectivity index (χ0n) is 18.9. The third-order valence-electron chi connectivity index (χ3n) is 6.60. The number of aryl methyl sites for hydroxylation is 2. The van der Waals surface area contributed by atoms with E-state index in [1.54, 1.807) is 0 Å². The van der Waals surface area contributed by atoms with Gasteiger partial charge in [0, 0.05) is 32.4 Å². The number of rotatable bonds is 6. The average Bonchev–Trinajstić information content (AvgIpc) is 3.14. The second kappa shape index (κ2) is 9.39. The molecule has 1 aliphatic rings. The lowest BCUT2D eigenvalue weighted by Gasteiger charge is -2.37. The van der Waals surface area contributed by atoms with E-state index >= 15 is 0 Å². The summed E-state index contributed by atoms with van der Waals surface area (Å²) in [5.74, 6) is 0.997. The molecule has 2 heterocycles. The largest absolute Gasteiger partial charge is 0.327 e. The van der Waals surface area contributed by atoms with Crippen molar-refractivity contribution in [3.8, 4) is 6.07 Å². The second-order valence-electron chi connectivity index (χ2n) is 9.00. The summed E-state index contributed by atoms with van der Waals surface area (Å²) in [7, 11) is 0. The Labute approximate surface area is 190 Å². The Kier molecular flexibility index (Phi) is 6.40. The summed E-state index contributed by atoms with van der Waals surface area (Å²) in [4.78, 5) is 10.5. The van der Waals surface area contributed by atoms with E-state index in [9.17, 15) is 5.26 Å². The molecule has 0 aliphatic carbocycles. The Morgan fingerprint density at radius 3 is 2.47 bits per heavy atom. The molecular weight excluding hydrogens is 394 g/mol. The Balaban J connectivity index is 1.41. The van der Waals surface area contributed by atoms with Crippen LogP contribution in [0.4, 0.5) is 5.69 Å². The number of aromatic nitrogens is 2. The van der Waals surface area contributed by atoms with E-state index < -0.39 is 0 Å². The van der Waals surface area contributed by atoms with Crippen LogP contribution >= 0.6 is 0 Å². The molecule has 0 unspecified atom stereocenters. The average molecular weight is 424 g/mol. The Morgan fingerprint density at radius 2 is 1.81 bits per heavy atom. The molecule has 0 N–H and O–H groups in total. The van der Waals surface area contributed by atoms with E-state index in [-0.39, 0.29) is 5.41 Å². The number of benzene rings is 2. The number of piperidine rings is 1. The minimum absolute atomic E-state index is 0.273. The van der Waals surface area contributed by atoms with Crippen LogP contribution in [0.1, 0.15) is 41.1 Å². The summed E-state index contributed by atoms with van der Waals surface area (Å²) in [6.45, 7) is 14.7. The van der Waals surface area contributed by atoms with E-state index in [2.05, 4.69) is 56.6 Å². The van der Waals surface area contributed by atoms with Crippen LogP contribution in [0.3, 0.4) is 0 Å². The van der Waals surface area contributed by atoms with Gasteiger partial charge in [-0.15, -0.1) is 0 Å². The van der Waals surface area contributed by atoms with Crippen molar-refractivity contribution in [2.24, 2.45) is 5.41 Å². The highest BCUT2D eigenvalue weighted by Gasteiger charge is 2.35. The summed E-state index contributed by atoms with van der Waals surface area (Å²) >= 11 is 0. The molecule has 32 heavy (non-hydrogen) atoms. The molecule has 0 radical (unpaired) electrons. The van der Waals surface area contributed by atoms with Crippen molar-refractivity contribution >= 4 is 5.69 Å². The van der Waals surface area contributed by atoms with Gasteiger partial charge in [0.2, 0.25) is 0 Å². The Morgan fingerprint density at radius 1 is 1.06 bits per heavy atom. The zero-order chi connectivity index (χ0) is 22.6. The molecule has 1 aliphatic heterocycles. The lowest BCUT2D eigenvalue weighted by Crippen LogP contribution is -2.40. The smallest absolute Gasteiger partial charge is 0.187 e. The SMILES string of the molecule is [C-]#[N+]c1ccc(Cn2c(CN3CCC(C#N)(Cc4cccc(C)c4)CC3)cnc2C)cc1. The van der Waals surface area contributed by atoms with Crippen LogP contribution in [0, 0.1) is 37.2 Å². The molecule has 162 valence electrons. The molecule has 0 bridgehead atoms. The fourth-order valence-corrected chi connectivity index (χ4v) is 4.62. The highest BCUT2D eigenvalue weighted by Crippen LogP contribution is 2.35. The first kappa shape index (κ1) is 21.8. The number of nitriles is 1. The van der Waals surface area contributed by atoms with Gasteiger partial charge in [-0.1, -0.05) is 54.1 Å². The van der Waals surface area contributed by atoms with Crippen molar-refractivity contribution in [3.05, 3.63) is 94.4 Å². The molecule has 5 nitrogen and oxygen atoms in total. The van der Waals surface area contributed by atoms with Crippen molar-refractivity contribution in [2.45, 2.75) is 46.2 Å². The molecule has 3 aromatic rings. The van der Waals surface area contributed by atoms with E-state index in [0.29, 0.717) is 5.69 Å². The lowest BCUT2D eigenvalue weighted by molar-refractivity contribution is 0.136. The quantitative estimate of drug-likeness (QED) is 0.496. The summed E-state index contributed by atoms with van der Waals surface area (Å²) in [6, 6.07) is 19.0. The first-order chi connectivity index (χ1) is 15.5. The topological polar surface area (TPSA) is 49.2 Å². The molecule has 1 fully saturated rings. The van der Waals surface area contributed by atoms with Gasteiger partial charge in [-0.25, -0.2) is 9.83 Å². The second-order valence-corrected chi connectivity index (χ2v) is 9.00. The number of likely N-dealkylation sites (tertiary alicyclic amines) is 1. The molecule has 0 atom stereocenters. The Bertz CT molecular complexity index is 1150. The van der Waals surface area contributed by atoms with Crippen molar-refractivity contribution in [1.29, 1.82) is 5.26 Å². The zero-order valence-corrected chi connectivity index (χ0v) is 18.9. The molecule has 5 heteroatoms. The third-order valence-corrected chi connectivity index (χ3v) is 6.60. The fourth-order valence-electron chi connectivity index (χ4n) is 4.62. The maximum Gasteiger partial charge on any atom is 0.187 e. The van der Waals surface area contributed by atoms with Gasteiger partial charge >= 0.3 is 0 Å². The van der Waals surface area contributed by atoms with Gasteiger partial charge in [-0.05, 0) is 44.2 Å². The summed E-state index contributed by atoms with van der Waals surface area (Å²) < 4.78 is 2.26. The molecule has 4 rings (SSSR count). The molecule has 1 saturated heterocycles. The maximum absolute atomic E-state index is 10.00. The van der Waals surface area contributed by atoms with E-state index in [1.165, 1.54) is 22.4 Å². The van der Waals surface area contributed by atoms with Crippen molar-refractivity contribution < 1.29 is 0 Å². The number of nitrogens with zero attached hydrogens (tertiary/aromatic N) is 5. The first-order valence-electron chi connectivity index (χ1n) is 11.2. The highest BCUT2D eigenvalue weighted by molar-refractivity contribution is 5.45.